The monoisotopic (exact) mass is 339 g/mol. The molecule has 2 aromatic heterocycles. The lowest BCUT2D eigenvalue weighted by Crippen LogP contribution is -2.20. The maximum absolute atomic E-state index is 9.05. The molecule has 0 aliphatic carbocycles. The van der Waals surface area contributed by atoms with E-state index in [1.165, 1.54) is 14.8 Å². The zero-order valence-electron chi connectivity index (χ0n) is 12.4. The molecule has 114 valence electrons. The minimum absolute atomic E-state index is 0.121. The summed E-state index contributed by atoms with van der Waals surface area (Å²) >= 11 is 3.30. The van der Waals surface area contributed by atoms with Gasteiger partial charge in [0.2, 0.25) is 0 Å². The normalized spacial score (nSPS) is 10.4. The number of allylic oxidation sites excluding steroid dienone is 1. The van der Waals surface area contributed by atoms with E-state index >= 15 is 0 Å². The van der Waals surface area contributed by atoms with Gasteiger partial charge in [0, 0.05) is 38.9 Å². The van der Waals surface area contributed by atoms with Crippen LogP contribution in [-0.4, -0.2) is 25.3 Å². The summed E-state index contributed by atoms with van der Waals surface area (Å²) < 4.78 is 3.54. The van der Waals surface area contributed by atoms with E-state index in [1.807, 2.05) is 30.2 Å². The average Bonchev–Trinajstić information content (AvgIpc) is 3.09. The SMILES string of the molecule is CN(CCO)c1ccc2c(c1)sc1cc(C=C(C#N)C#N)sc12. The third kappa shape index (κ3) is 2.93. The largest absolute Gasteiger partial charge is 0.395 e. The van der Waals surface area contributed by atoms with Crippen LogP contribution in [-0.2, 0) is 0 Å². The molecule has 0 atom stereocenters. The maximum Gasteiger partial charge on any atom is 0.131 e. The molecule has 3 aromatic rings. The minimum Gasteiger partial charge on any atom is -0.395 e. The van der Waals surface area contributed by atoms with Crippen LogP contribution < -0.4 is 4.90 Å². The number of hydrogen-bond acceptors (Lipinski definition) is 6. The zero-order valence-corrected chi connectivity index (χ0v) is 14.0. The Balaban J connectivity index is 2.05. The number of aliphatic hydroxyl groups excluding tert-OH is 1. The van der Waals surface area contributed by atoms with Crippen LogP contribution in [0, 0.1) is 22.7 Å². The lowest BCUT2D eigenvalue weighted by molar-refractivity contribution is 0.304. The van der Waals surface area contributed by atoms with Crippen molar-refractivity contribution in [3.8, 4) is 12.1 Å². The first-order valence-corrected chi connectivity index (χ1v) is 8.59. The summed E-state index contributed by atoms with van der Waals surface area (Å²) in [7, 11) is 1.96. The van der Waals surface area contributed by atoms with Crippen LogP contribution in [0.2, 0.25) is 0 Å². The van der Waals surface area contributed by atoms with E-state index in [1.54, 1.807) is 28.7 Å². The zero-order chi connectivity index (χ0) is 16.4. The molecule has 0 saturated heterocycles. The third-order valence-corrected chi connectivity index (χ3v) is 5.89. The Hall–Kier alpha value is -2.38. The van der Waals surface area contributed by atoms with Crippen molar-refractivity contribution < 1.29 is 5.11 Å². The summed E-state index contributed by atoms with van der Waals surface area (Å²) in [6.45, 7) is 0.731. The molecule has 0 amide bonds. The lowest BCUT2D eigenvalue weighted by Gasteiger charge is -2.17. The fourth-order valence-electron chi connectivity index (χ4n) is 2.38. The molecule has 0 spiro atoms. The fourth-order valence-corrected chi connectivity index (χ4v) is 4.89. The number of hydrogen-bond donors (Lipinski definition) is 1. The molecule has 1 aromatic carbocycles. The van der Waals surface area contributed by atoms with Crippen molar-refractivity contribution in [1.82, 2.24) is 0 Å². The fraction of sp³-hybridized carbons (Fsp3) is 0.176. The number of benzene rings is 1. The Kier molecular flexibility index (Phi) is 4.31. The summed E-state index contributed by atoms with van der Waals surface area (Å²) in [5, 5.41) is 27.9. The lowest BCUT2D eigenvalue weighted by atomic mass is 10.2. The number of anilines is 1. The molecule has 0 radical (unpaired) electrons. The van der Waals surface area contributed by atoms with E-state index in [0.717, 1.165) is 15.3 Å². The van der Waals surface area contributed by atoms with Crippen LogP contribution in [0.1, 0.15) is 4.88 Å². The molecule has 0 aliphatic rings. The molecular formula is C17H13N3OS2. The number of nitrogens with zero attached hydrogens (tertiary/aromatic N) is 3. The molecule has 1 N–H and O–H groups in total. The van der Waals surface area contributed by atoms with Crippen LogP contribution in [0.3, 0.4) is 0 Å². The summed E-state index contributed by atoms with van der Waals surface area (Å²) in [5.41, 5.74) is 1.20. The van der Waals surface area contributed by atoms with Crippen molar-refractivity contribution in [2.75, 3.05) is 25.1 Å². The second-order valence-electron chi connectivity index (χ2n) is 5.05. The molecule has 6 heteroatoms. The molecule has 0 bridgehead atoms. The van der Waals surface area contributed by atoms with Crippen molar-refractivity contribution >= 4 is 53.9 Å². The van der Waals surface area contributed by atoms with Crippen LogP contribution in [0.15, 0.2) is 29.8 Å². The molecule has 0 fully saturated rings. The van der Waals surface area contributed by atoms with Crippen LogP contribution in [0.4, 0.5) is 5.69 Å². The summed E-state index contributed by atoms with van der Waals surface area (Å²) in [6.07, 6.45) is 1.63. The predicted octanol–water partition coefficient (Wildman–Crippen LogP) is 3.98. The van der Waals surface area contributed by atoms with Gasteiger partial charge in [0.15, 0.2) is 0 Å². The van der Waals surface area contributed by atoms with Crippen molar-refractivity contribution in [3.63, 3.8) is 0 Å². The number of fused-ring (bicyclic) bond motifs is 3. The Morgan fingerprint density at radius 2 is 2.00 bits per heavy atom. The molecule has 0 aliphatic heterocycles. The molecule has 23 heavy (non-hydrogen) atoms. The first-order chi connectivity index (χ1) is 11.2. The number of thiophene rings is 2. The number of nitriles is 2. The van der Waals surface area contributed by atoms with Gasteiger partial charge >= 0.3 is 0 Å². The highest BCUT2D eigenvalue weighted by atomic mass is 32.1. The van der Waals surface area contributed by atoms with Crippen LogP contribution in [0.25, 0.3) is 25.6 Å². The topological polar surface area (TPSA) is 71.0 Å². The Labute approximate surface area is 141 Å². The van der Waals surface area contributed by atoms with E-state index in [2.05, 4.69) is 18.2 Å². The van der Waals surface area contributed by atoms with E-state index in [0.29, 0.717) is 6.54 Å². The minimum atomic E-state index is 0.121. The number of likely N-dealkylation sites (N-methyl/N-ethyl adjacent to an activating group) is 1. The van der Waals surface area contributed by atoms with Gasteiger partial charge in [0.05, 0.1) is 11.3 Å². The van der Waals surface area contributed by atoms with Gasteiger partial charge in [-0.2, -0.15) is 10.5 Å². The first-order valence-electron chi connectivity index (χ1n) is 6.96. The smallest absolute Gasteiger partial charge is 0.131 e. The highest BCUT2D eigenvalue weighted by Gasteiger charge is 2.11. The number of rotatable bonds is 4. The molecule has 3 rings (SSSR count). The van der Waals surface area contributed by atoms with Crippen molar-refractivity contribution in [3.05, 3.63) is 34.7 Å². The molecule has 2 heterocycles. The van der Waals surface area contributed by atoms with Gasteiger partial charge in [0.25, 0.3) is 0 Å². The number of aliphatic hydroxyl groups is 1. The Bertz CT molecular complexity index is 969. The highest BCUT2D eigenvalue weighted by molar-refractivity contribution is 7.33. The second-order valence-corrected chi connectivity index (χ2v) is 7.22. The molecule has 0 saturated carbocycles. The summed E-state index contributed by atoms with van der Waals surface area (Å²) in [4.78, 5) is 2.95. The van der Waals surface area contributed by atoms with Gasteiger partial charge < -0.3 is 10.0 Å². The highest BCUT2D eigenvalue weighted by Crippen LogP contribution is 2.41. The van der Waals surface area contributed by atoms with Gasteiger partial charge in [-0.3, -0.25) is 0 Å². The third-order valence-electron chi connectivity index (χ3n) is 3.55. The second kappa shape index (κ2) is 6.39. The molecule has 4 nitrogen and oxygen atoms in total. The van der Waals surface area contributed by atoms with E-state index in [4.69, 9.17) is 15.6 Å². The summed E-state index contributed by atoms with van der Waals surface area (Å²) in [6, 6.07) is 12.1. The Morgan fingerprint density at radius 1 is 1.22 bits per heavy atom. The van der Waals surface area contributed by atoms with Crippen LogP contribution >= 0.6 is 22.7 Å². The Morgan fingerprint density at radius 3 is 2.70 bits per heavy atom. The van der Waals surface area contributed by atoms with Crippen molar-refractivity contribution in [2.45, 2.75) is 0 Å². The maximum atomic E-state index is 9.05. The van der Waals surface area contributed by atoms with Crippen LogP contribution in [0.5, 0.6) is 0 Å². The predicted molar refractivity (Wildman–Crippen MR) is 96.8 cm³/mol. The van der Waals surface area contributed by atoms with Gasteiger partial charge in [-0.1, -0.05) is 6.07 Å². The van der Waals surface area contributed by atoms with E-state index in [-0.39, 0.29) is 12.2 Å². The average molecular weight is 339 g/mol. The van der Waals surface area contributed by atoms with Gasteiger partial charge in [-0.15, -0.1) is 22.7 Å². The van der Waals surface area contributed by atoms with Gasteiger partial charge in [0.1, 0.15) is 17.7 Å². The first kappa shape index (κ1) is 15.5. The van der Waals surface area contributed by atoms with Crippen molar-refractivity contribution in [1.29, 1.82) is 10.5 Å². The quantitative estimate of drug-likeness (QED) is 0.730. The van der Waals surface area contributed by atoms with Gasteiger partial charge in [-0.25, -0.2) is 0 Å². The van der Waals surface area contributed by atoms with Gasteiger partial charge in [-0.05, 0) is 24.3 Å². The molecular weight excluding hydrogens is 326 g/mol. The molecule has 0 unspecified atom stereocenters. The summed E-state index contributed by atoms with van der Waals surface area (Å²) in [5.74, 6) is 0. The van der Waals surface area contributed by atoms with Crippen molar-refractivity contribution in [2.24, 2.45) is 0 Å². The van der Waals surface area contributed by atoms with E-state index < -0.39 is 0 Å². The van der Waals surface area contributed by atoms with E-state index in [9.17, 15) is 0 Å². The standard InChI is InChI=1S/C17H13N3OS2/c1-20(4-5-21)12-2-3-14-15(7-12)23-16-8-13(22-17(14)16)6-11(9-18)10-19/h2-3,6-8,21H,4-5H2,1H3.